The van der Waals surface area contributed by atoms with E-state index in [2.05, 4.69) is 5.32 Å². The Kier molecular flexibility index (Phi) is 4.82. The van der Waals surface area contributed by atoms with E-state index in [0.717, 1.165) is 0 Å². The summed E-state index contributed by atoms with van der Waals surface area (Å²) in [5.41, 5.74) is 4.83. The molecule has 0 aromatic carbocycles. The van der Waals surface area contributed by atoms with Crippen molar-refractivity contribution in [3.8, 4) is 0 Å². The van der Waals surface area contributed by atoms with Crippen LogP contribution in [0.2, 0.25) is 0 Å². The van der Waals surface area contributed by atoms with Gasteiger partial charge < -0.3 is 11.1 Å². The second-order valence-corrected chi connectivity index (χ2v) is 3.00. The van der Waals surface area contributed by atoms with E-state index in [1.165, 1.54) is 6.92 Å². The summed E-state index contributed by atoms with van der Waals surface area (Å²) in [6.45, 7) is 0.107. The molecule has 0 aliphatic carbocycles. The quantitative estimate of drug-likeness (QED) is 0.639. The van der Waals surface area contributed by atoms with E-state index in [9.17, 15) is 22.4 Å². The standard InChI is InChI=1S/C7H12F4N2O/c1-4(5(12)14)2-13-3-7(10,11)6(8)9/h4,6,13H,2-3H2,1H3,(H2,12,14). The number of rotatable bonds is 6. The number of nitrogens with two attached hydrogens (primary N) is 1. The molecule has 0 aromatic rings. The first-order chi connectivity index (χ1) is 6.27. The van der Waals surface area contributed by atoms with E-state index >= 15 is 0 Å². The normalized spacial score (nSPS) is 14.4. The molecule has 84 valence electrons. The molecular formula is C7H12F4N2O. The predicted molar refractivity (Wildman–Crippen MR) is 42.2 cm³/mol. The van der Waals surface area contributed by atoms with Gasteiger partial charge in [-0.15, -0.1) is 0 Å². The van der Waals surface area contributed by atoms with Crippen molar-refractivity contribution in [3.63, 3.8) is 0 Å². The summed E-state index contributed by atoms with van der Waals surface area (Å²) in [5.74, 6) is -5.40. The molecular weight excluding hydrogens is 204 g/mol. The molecule has 14 heavy (non-hydrogen) atoms. The van der Waals surface area contributed by atoms with Gasteiger partial charge in [0.15, 0.2) is 0 Å². The highest BCUT2D eigenvalue weighted by atomic mass is 19.3. The highest BCUT2D eigenvalue weighted by Crippen LogP contribution is 2.21. The van der Waals surface area contributed by atoms with Crippen molar-refractivity contribution in [2.75, 3.05) is 13.1 Å². The molecule has 0 fully saturated rings. The fourth-order valence-corrected chi connectivity index (χ4v) is 0.633. The maximum absolute atomic E-state index is 12.3. The molecule has 0 heterocycles. The number of hydrogen-bond acceptors (Lipinski definition) is 2. The van der Waals surface area contributed by atoms with Crippen LogP contribution in [0.5, 0.6) is 0 Å². The minimum atomic E-state index is -4.07. The minimum Gasteiger partial charge on any atom is -0.369 e. The van der Waals surface area contributed by atoms with Crippen LogP contribution in [0.15, 0.2) is 0 Å². The lowest BCUT2D eigenvalue weighted by Crippen LogP contribution is -2.41. The van der Waals surface area contributed by atoms with E-state index in [4.69, 9.17) is 5.73 Å². The first-order valence-corrected chi connectivity index (χ1v) is 3.93. The van der Waals surface area contributed by atoms with Gasteiger partial charge in [0.25, 0.3) is 0 Å². The molecule has 0 aliphatic heterocycles. The van der Waals surface area contributed by atoms with Gasteiger partial charge in [0, 0.05) is 12.5 Å². The zero-order chi connectivity index (χ0) is 11.4. The number of nitrogens with one attached hydrogen (secondary N) is 1. The van der Waals surface area contributed by atoms with Gasteiger partial charge in [-0.1, -0.05) is 6.92 Å². The maximum Gasteiger partial charge on any atom is 0.319 e. The Hall–Kier alpha value is -0.850. The molecule has 7 heteroatoms. The summed E-state index contributed by atoms with van der Waals surface area (Å²) in [5, 5.41) is 2.06. The second-order valence-electron chi connectivity index (χ2n) is 3.00. The van der Waals surface area contributed by atoms with Gasteiger partial charge >= 0.3 is 12.3 Å². The van der Waals surface area contributed by atoms with Crippen LogP contribution in [0, 0.1) is 5.92 Å². The fourth-order valence-electron chi connectivity index (χ4n) is 0.633. The first kappa shape index (κ1) is 13.2. The summed E-state index contributed by atoms with van der Waals surface area (Å²) < 4.78 is 47.8. The Morgan fingerprint density at radius 1 is 1.50 bits per heavy atom. The van der Waals surface area contributed by atoms with Crippen molar-refractivity contribution in [2.24, 2.45) is 11.7 Å². The van der Waals surface area contributed by atoms with Gasteiger partial charge in [-0.3, -0.25) is 4.79 Å². The van der Waals surface area contributed by atoms with Crippen LogP contribution < -0.4 is 11.1 Å². The van der Waals surface area contributed by atoms with Crippen molar-refractivity contribution in [1.29, 1.82) is 0 Å². The summed E-state index contributed by atoms with van der Waals surface area (Å²) >= 11 is 0. The zero-order valence-electron chi connectivity index (χ0n) is 7.57. The number of primary amides is 1. The van der Waals surface area contributed by atoms with Crippen LogP contribution in [-0.4, -0.2) is 31.3 Å². The van der Waals surface area contributed by atoms with E-state index in [0.29, 0.717) is 0 Å². The second kappa shape index (κ2) is 5.14. The monoisotopic (exact) mass is 216 g/mol. The number of amides is 1. The Bertz CT molecular complexity index is 198. The molecule has 0 spiro atoms. The van der Waals surface area contributed by atoms with E-state index in [1.54, 1.807) is 0 Å². The minimum absolute atomic E-state index is 0.141. The predicted octanol–water partition coefficient (Wildman–Crippen LogP) is 0.598. The van der Waals surface area contributed by atoms with Crippen molar-refractivity contribution in [2.45, 2.75) is 19.3 Å². The topological polar surface area (TPSA) is 55.1 Å². The molecule has 0 rings (SSSR count). The molecule has 1 atom stereocenters. The summed E-state index contributed by atoms with van der Waals surface area (Å²) in [4.78, 5) is 10.4. The Morgan fingerprint density at radius 3 is 2.36 bits per heavy atom. The van der Waals surface area contributed by atoms with Gasteiger partial charge in [0.05, 0.1) is 6.54 Å². The molecule has 0 bridgehead atoms. The number of alkyl halides is 4. The largest absolute Gasteiger partial charge is 0.369 e. The van der Waals surface area contributed by atoms with Crippen LogP contribution in [0.25, 0.3) is 0 Å². The van der Waals surface area contributed by atoms with Gasteiger partial charge in [0.1, 0.15) is 0 Å². The van der Waals surface area contributed by atoms with Crippen molar-refractivity contribution < 1.29 is 22.4 Å². The van der Waals surface area contributed by atoms with Crippen molar-refractivity contribution in [1.82, 2.24) is 5.32 Å². The van der Waals surface area contributed by atoms with Crippen molar-refractivity contribution in [3.05, 3.63) is 0 Å². The third-order valence-electron chi connectivity index (χ3n) is 1.62. The van der Waals surface area contributed by atoms with Crippen LogP contribution in [0.1, 0.15) is 6.92 Å². The third kappa shape index (κ3) is 4.40. The van der Waals surface area contributed by atoms with Crippen LogP contribution >= 0.6 is 0 Å². The number of halogens is 4. The smallest absolute Gasteiger partial charge is 0.319 e. The summed E-state index contributed by atoms with van der Waals surface area (Å²) in [6, 6.07) is 0. The molecule has 3 N–H and O–H groups in total. The Balaban J connectivity index is 3.79. The number of hydrogen-bond donors (Lipinski definition) is 2. The Morgan fingerprint density at radius 2 is 2.00 bits per heavy atom. The SMILES string of the molecule is CC(CNCC(F)(F)C(F)F)C(N)=O. The molecule has 0 saturated heterocycles. The zero-order valence-corrected chi connectivity index (χ0v) is 7.57. The lowest BCUT2D eigenvalue weighted by atomic mass is 10.1. The molecule has 0 radical (unpaired) electrons. The lowest BCUT2D eigenvalue weighted by molar-refractivity contribution is -0.127. The highest BCUT2D eigenvalue weighted by Gasteiger charge is 2.40. The summed E-state index contributed by atoms with van der Waals surface area (Å²) in [6.07, 6.45) is -3.71. The maximum atomic E-state index is 12.3. The average molecular weight is 216 g/mol. The van der Waals surface area contributed by atoms with Crippen LogP contribution in [0.3, 0.4) is 0 Å². The summed E-state index contributed by atoms with van der Waals surface area (Å²) in [7, 11) is 0. The van der Waals surface area contributed by atoms with Gasteiger partial charge in [-0.05, 0) is 0 Å². The lowest BCUT2D eigenvalue weighted by Gasteiger charge is -2.16. The van der Waals surface area contributed by atoms with Crippen LogP contribution in [0.4, 0.5) is 17.6 Å². The van der Waals surface area contributed by atoms with Crippen molar-refractivity contribution >= 4 is 5.91 Å². The molecule has 3 nitrogen and oxygen atoms in total. The highest BCUT2D eigenvalue weighted by molar-refractivity contribution is 5.76. The Labute approximate surface area is 78.6 Å². The van der Waals surface area contributed by atoms with Gasteiger partial charge in [0.2, 0.25) is 5.91 Å². The fraction of sp³-hybridized carbons (Fsp3) is 0.857. The molecule has 0 saturated carbocycles. The van der Waals surface area contributed by atoms with E-state index in [1.807, 2.05) is 0 Å². The average Bonchev–Trinajstić information content (AvgIpc) is 2.03. The molecule has 0 aliphatic rings. The van der Waals surface area contributed by atoms with E-state index in [-0.39, 0.29) is 6.54 Å². The van der Waals surface area contributed by atoms with Gasteiger partial charge in [-0.25, -0.2) is 8.78 Å². The number of carbonyl (C=O) groups is 1. The third-order valence-corrected chi connectivity index (χ3v) is 1.62. The molecule has 0 aromatic heterocycles. The molecule has 1 unspecified atom stereocenters. The first-order valence-electron chi connectivity index (χ1n) is 3.93. The molecule has 1 amide bonds. The van der Waals surface area contributed by atoms with Crippen LogP contribution in [-0.2, 0) is 4.79 Å². The van der Waals surface area contributed by atoms with E-state index < -0.39 is 30.7 Å². The number of carbonyl (C=O) groups excluding carboxylic acids is 1. The van der Waals surface area contributed by atoms with Gasteiger partial charge in [-0.2, -0.15) is 8.78 Å².